The number of carbonyl (C=O) groups excluding carboxylic acids is 1. The number of halogens is 3. The first kappa shape index (κ1) is 17.8. The molecule has 0 saturated carbocycles. The van der Waals surface area contributed by atoms with Gasteiger partial charge in [0.1, 0.15) is 17.7 Å². The molecule has 1 aromatic carbocycles. The maximum Gasteiger partial charge on any atom is 0.250 e. The molecule has 0 aliphatic rings. The second-order valence-electron chi connectivity index (χ2n) is 3.83. The van der Waals surface area contributed by atoms with Gasteiger partial charge in [-0.05, 0) is 19.1 Å². The molecule has 0 heterocycles. The van der Waals surface area contributed by atoms with Gasteiger partial charge in [-0.2, -0.15) is 0 Å². The van der Waals surface area contributed by atoms with Crippen LogP contribution in [-0.4, -0.2) is 25.7 Å². The van der Waals surface area contributed by atoms with Crippen LogP contribution in [-0.2, 0) is 9.53 Å². The molecule has 1 rings (SSSR count). The Morgan fingerprint density at radius 3 is 2.37 bits per heavy atom. The fourth-order valence-electron chi connectivity index (χ4n) is 1.61. The maximum absolute atomic E-state index is 13.5. The highest BCUT2D eigenvalue weighted by atomic mass is 35.5. The lowest BCUT2D eigenvalue weighted by molar-refractivity contribution is -0.131. The van der Waals surface area contributed by atoms with Gasteiger partial charge in [0, 0.05) is 19.2 Å². The van der Waals surface area contributed by atoms with Crippen molar-refractivity contribution >= 4 is 18.3 Å². The quantitative estimate of drug-likeness (QED) is 0.866. The number of carbonyl (C=O) groups is 1. The fourth-order valence-corrected chi connectivity index (χ4v) is 1.61. The van der Waals surface area contributed by atoms with Crippen LogP contribution < -0.4 is 11.1 Å². The van der Waals surface area contributed by atoms with Crippen molar-refractivity contribution in [3.63, 3.8) is 0 Å². The molecule has 4 nitrogen and oxygen atoms in total. The van der Waals surface area contributed by atoms with Gasteiger partial charge in [0.05, 0.1) is 6.04 Å². The van der Waals surface area contributed by atoms with Gasteiger partial charge < -0.3 is 15.8 Å². The van der Waals surface area contributed by atoms with E-state index in [9.17, 15) is 13.6 Å². The molecule has 0 aliphatic carbocycles. The molecule has 0 bridgehead atoms. The zero-order chi connectivity index (χ0) is 13.7. The molecule has 0 aliphatic heterocycles. The Morgan fingerprint density at radius 2 is 1.95 bits per heavy atom. The topological polar surface area (TPSA) is 64.3 Å². The number of methoxy groups -OCH3 is 1. The average molecular weight is 295 g/mol. The highest BCUT2D eigenvalue weighted by Gasteiger charge is 2.22. The van der Waals surface area contributed by atoms with Gasteiger partial charge in [-0.3, -0.25) is 4.79 Å². The zero-order valence-electron chi connectivity index (χ0n) is 10.7. The molecule has 0 radical (unpaired) electrons. The van der Waals surface area contributed by atoms with Crippen LogP contribution in [0.4, 0.5) is 8.78 Å². The summed E-state index contributed by atoms with van der Waals surface area (Å²) in [5.74, 6) is -1.91. The van der Waals surface area contributed by atoms with Gasteiger partial charge in [0.2, 0.25) is 0 Å². The van der Waals surface area contributed by atoms with E-state index < -0.39 is 29.7 Å². The molecule has 2 unspecified atom stereocenters. The Morgan fingerprint density at radius 1 is 1.42 bits per heavy atom. The van der Waals surface area contributed by atoms with Crippen LogP contribution in [0.2, 0.25) is 0 Å². The lowest BCUT2D eigenvalue weighted by Gasteiger charge is -2.19. The van der Waals surface area contributed by atoms with E-state index in [0.717, 1.165) is 12.1 Å². The summed E-state index contributed by atoms with van der Waals surface area (Å²) in [7, 11) is 1.34. The highest BCUT2D eigenvalue weighted by Crippen LogP contribution is 2.20. The van der Waals surface area contributed by atoms with Crippen LogP contribution in [0.15, 0.2) is 18.2 Å². The number of amides is 1. The third-order valence-corrected chi connectivity index (χ3v) is 2.58. The summed E-state index contributed by atoms with van der Waals surface area (Å²) < 4.78 is 31.8. The van der Waals surface area contributed by atoms with E-state index in [1.165, 1.54) is 20.1 Å². The first-order chi connectivity index (χ1) is 8.51. The monoisotopic (exact) mass is 294 g/mol. The first-order valence-corrected chi connectivity index (χ1v) is 5.48. The number of hydrogen-bond acceptors (Lipinski definition) is 3. The van der Waals surface area contributed by atoms with Gasteiger partial charge >= 0.3 is 0 Å². The summed E-state index contributed by atoms with van der Waals surface area (Å²) in [6, 6.07) is 2.73. The van der Waals surface area contributed by atoms with Gasteiger partial charge in [-0.25, -0.2) is 8.78 Å². The molecular formula is C12H17ClF2N2O2. The smallest absolute Gasteiger partial charge is 0.250 e. The summed E-state index contributed by atoms with van der Waals surface area (Å²) in [6.45, 7) is 1.48. The Kier molecular flexibility index (Phi) is 7.51. The summed E-state index contributed by atoms with van der Waals surface area (Å²) >= 11 is 0. The second kappa shape index (κ2) is 8.04. The molecule has 19 heavy (non-hydrogen) atoms. The lowest BCUT2D eigenvalue weighted by atomic mass is 10.1. The van der Waals surface area contributed by atoms with Gasteiger partial charge in [0.25, 0.3) is 5.91 Å². The average Bonchev–Trinajstić information content (AvgIpc) is 2.30. The van der Waals surface area contributed by atoms with Crippen molar-refractivity contribution in [1.29, 1.82) is 0 Å². The van der Waals surface area contributed by atoms with E-state index in [-0.39, 0.29) is 24.5 Å². The van der Waals surface area contributed by atoms with E-state index in [1.807, 2.05) is 0 Å². The van der Waals surface area contributed by atoms with Crippen molar-refractivity contribution in [2.24, 2.45) is 5.73 Å². The Bertz CT molecular complexity index is 408. The third kappa shape index (κ3) is 4.41. The minimum Gasteiger partial charge on any atom is -0.370 e. The maximum atomic E-state index is 13.5. The van der Waals surface area contributed by atoms with E-state index >= 15 is 0 Å². The minimum atomic E-state index is -0.831. The molecular weight excluding hydrogens is 278 g/mol. The number of rotatable bonds is 5. The van der Waals surface area contributed by atoms with Crippen molar-refractivity contribution < 1.29 is 18.3 Å². The van der Waals surface area contributed by atoms with Crippen LogP contribution in [0.3, 0.4) is 0 Å². The number of hydrogen-bond donors (Lipinski definition) is 2. The predicted molar refractivity (Wildman–Crippen MR) is 70.0 cm³/mol. The number of nitrogens with one attached hydrogen (secondary N) is 1. The Labute approximate surface area is 116 Å². The molecule has 0 fully saturated rings. The number of benzene rings is 1. The largest absolute Gasteiger partial charge is 0.370 e. The van der Waals surface area contributed by atoms with Crippen LogP contribution >= 0.6 is 12.4 Å². The third-order valence-electron chi connectivity index (χ3n) is 2.58. The van der Waals surface area contributed by atoms with Crippen LogP contribution in [0.5, 0.6) is 0 Å². The predicted octanol–water partition coefficient (Wildman–Crippen LogP) is 1.54. The second-order valence-corrected chi connectivity index (χ2v) is 3.83. The molecule has 1 aromatic rings. The first-order valence-electron chi connectivity index (χ1n) is 5.48. The minimum absolute atomic E-state index is 0. The van der Waals surface area contributed by atoms with E-state index in [0.29, 0.717) is 0 Å². The van der Waals surface area contributed by atoms with E-state index in [1.54, 1.807) is 0 Å². The van der Waals surface area contributed by atoms with E-state index in [2.05, 4.69) is 5.32 Å². The molecule has 0 saturated heterocycles. The van der Waals surface area contributed by atoms with Crippen molar-refractivity contribution in [1.82, 2.24) is 5.32 Å². The Hall–Kier alpha value is -1.24. The molecule has 7 heteroatoms. The van der Waals surface area contributed by atoms with Gasteiger partial charge in [-0.1, -0.05) is 6.07 Å². The van der Waals surface area contributed by atoms with Crippen molar-refractivity contribution in [3.8, 4) is 0 Å². The summed E-state index contributed by atoms with van der Waals surface area (Å²) in [6.07, 6.45) is -0.831. The molecule has 0 spiro atoms. The summed E-state index contributed by atoms with van der Waals surface area (Å²) in [4.78, 5) is 11.7. The van der Waals surface area contributed by atoms with Crippen molar-refractivity contribution in [2.75, 3.05) is 13.7 Å². The molecule has 1 amide bonds. The molecule has 3 N–H and O–H groups in total. The summed E-state index contributed by atoms with van der Waals surface area (Å²) in [5, 5.41) is 2.46. The molecule has 0 aromatic heterocycles. The number of nitrogens with two attached hydrogens (primary N) is 1. The van der Waals surface area contributed by atoms with Crippen molar-refractivity contribution in [3.05, 3.63) is 35.4 Å². The van der Waals surface area contributed by atoms with E-state index in [4.69, 9.17) is 10.5 Å². The normalized spacial score (nSPS) is 13.3. The lowest BCUT2D eigenvalue weighted by Crippen LogP contribution is -2.41. The van der Waals surface area contributed by atoms with Gasteiger partial charge in [-0.15, -0.1) is 12.4 Å². The van der Waals surface area contributed by atoms with Crippen LogP contribution in [0.1, 0.15) is 18.5 Å². The fraction of sp³-hybridized carbons (Fsp3) is 0.417. The molecule has 2 atom stereocenters. The molecule has 108 valence electrons. The van der Waals surface area contributed by atoms with Crippen LogP contribution in [0.25, 0.3) is 0 Å². The zero-order valence-corrected chi connectivity index (χ0v) is 11.5. The SMILES string of the molecule is COC(CN)C(=O)NC(C)c1c(F)cccc1F.Cl. The summed E-state index contributed by atoms with van der Waals surface area (Å²) in [5.41, 5.74) is 5.14. The highest BCUT2D eigenvalue weighted by molar-refractivity contribution is 5.85. The Balaban J connectivity index is 0.00000324. The van der Waals surface area contributed by atoms with Gasteiger partial charge in [0.15, 0.2) is 0 Å². The standard InChI is InChI=1S/C12H16F2N2O2.ClH/c1-7(16-12(17)10(6-15)18-2)11-8(13)4-3-5-9(11)14;/h3-5,7,10H,6,15H2,1-2H3,(H,16,17);1H. The van der Waals surface area contributed by atoms with Crippen LogP contribution in [0, 0.1) is 11.6 Å². The van der Waals surface area contributed by atoms with Crippen molar-refractivity contribution in [2.45, 2.75) is 19.1 Å². The number of ether oxygens (including phenoxy) is 1.